The first kappa shape index (κ1) is 22.4. The molecule has 3 rings (SSSR count). The molecular formula is C20H18ClF3N4O3. The van der Waals surface area contributed by atoms with Gasteiger partial charge < -0.3 is 25.6 Å². The van der Waals surface area contributed by atoms with E-state index in [-0.39, 0.29) is 41.5 Å². The first-order valence-electron chi connectivity index (χ1n) is 9.01. The van der Waals surface area contributed by atoms with Gasteiger partial charge in [0.05, 0.1) is 18.0 Å². The van der Waals surface area contributed by atoms with Gasteiger partial charge in [-0.3, -0.25) is 0 Å². The Labute approximate surface area is 180 Å². The predicted octanol–water partition coefficient (Wildman–Crippen LogP) is 4.94. The zero-order valence-corrected chi connectivity index (χ0v) is 16.9. The number of anilines is 3. The highest BCUT2D eigenvalue weighted by molar-refractivity contribution is 6.31. The van der Waals surface area contributed by atoms with Crippen LogP contribution < -0.4 is 15.4 Å². The molecule has 0 amide bonds. The van der Waals surface area contributed by atoms with Gasteiger partial charge in [-0.15, -0.1) is 13.2 Å². The van der Waals surface area contributed by atoms with Gasteiger partial charge in [0, 0.05) is 22.7 Å². The van der Waals surface area contributed by atoms with E-state index < -0.39 is 12.1 Å². The van der Waals surface area contributed by atoms with Crippen molar-refractivity contribution in [2.75, 3.05) is 17.2 Å². The number of nitrogens with zero attached hydrogens (tertiary/aromatic N) is 2. The van der Waals surface area contributed by atoms with Gasteiger partial charge in [0.15, 0.2) is 0 Å². The number of aromatic nitrogens is 2. The molecule has 0 saturated heterocycles. The van der Waals surface area contributed by atoms with Crippen LogP contribution in [0.25, 0.3) is 11.3 Å². The largest absolute Gasteiger partial charge is 0.573 e. The molecule has 2 aromatic carbocycles. The van der Waals surface area contributed by atoms with Gasteiger partial charge in [-0.1, -0.05) is 23.7 Å². The summed E-state index contributed by atoms with van der Waals surface area (Å²) in [7, 11) is 0. The van der Waals surface area contributed by atoms with Gasteiger partial charge in [0.25, 0.3) is 0 Å². The second kappa shape index (κ2) is 9.27. The Hall–Kier alpha value is -3.24. The molecule has 0 aliphatic carbocycles. The maximum atomic E-state index is 12.6. The van der Waals surface area contributed by atoms with Gasteiger partial charge in [0.1, 0.15) is 17.3 Å². The number of phenols is 1. The quantitative estimate of drug-likeness (QED) is 0.375. The minimum absolute atomic E-state index is 0.0802. The summed E-state index contributed by atoms with van der Waals surface area (Å²) in [5.41, 5.74) is 0.883. The summed E-state index contributed by atoms with van der Waals surface area (Å²) in [5.74, 6) is -0.130. The van der Waals surface area contributed by atoms with Crippen LogP contribution in [0.4, 0.5) is 30.6 Å². The van der Waals surface area contributed by atoms with Gasteiger partial charge in [-0.25, -0.2) is 4.98 Å². The molecule has 0 radical (unpaired) electrons. The Morgan fingerprint density at radius 3 is 2.61 bits per heavy atom. The molecule has 0 aliphatic heterocycles. The highest BCUT2D eigenvalue weighted by atomic mass is 35.5. The monoisotopic (exact) mass is 454 g/mol. The van der Waals surface area contributed by atoms with Crippen molar-refractivity contribution in [3.8, 4) is 22.8 Å². The van der Waals surface area contributed by atoms with Crippen LogP contribution in [0.2, 0.25) is 5.02 Å². The van der Waals surface area contributed by atoms with E-state index in [1.54, 1.807) is 13.0 Å². The lowest BCUT2D eigenvalue weighted by Crippen LogP contribution is -2.21. The van der Waals surface area contributed by atoms with Crippen molar-refractivity contribution < 1.29 is 28.1 Å². The average molecular weight is 455 g/mol. The standard InChI is InChI=1S/C20H18ClF3N4O3/c1-11(10-29)25-19-27-15(12-3-2-4-14(7-12)31-20(22,23)24)9-18(28-19)26-16-8-13(21)5-6-17(16)30/h2-9,11,29-30H,10H2,1H3,(H2,25,26,27,28)/t11-/m0/s1. The van der Waals surface area contributed by atoms with E-state index in [0.29, 0.717) is 10.6 Å². The molecule has 1 atom stereocenters. The molecule has 0 bridgehead atoms. The normalized spacial score (nSPS) is 12.3. The lowest BCUT2D eigenvalue weighted by molar-refractivity contribution is -0.274. The molecule has 0 unspecified atom stereocenters. The number of aliphatic hydroxyl groups excluding tert-OH is 1. The zero-order valence-electron chi connectivity index (χ0n) is 16.1. The maximum absolute atomic E-state index is 12.6. The molecule has 164 valence electrons. The average Bonchev–Trinajstić information content (AvgIpc) is 2.69. The van der Waals surface area contributed by atoms with Crippen molar-refractivity contribution in [3.63, 3.8) is 0 Å². The summed E-state index contributed by atoms with van der Waals surface area (Å²) in [4.78, 5) is 8.60. The third kappa shape index (κ3) is 6.37. The fraction of sp³-hybridized carbons (Fsp3) is 0.200. The second-order valence-electron chi connectivity index (χ2n) is 6.55. The molecule has 4 N–H and O–H groups in total. The number of benzene rings is 2. The number of alkyl halides is 3. The number of hydrogen-bond donors (Lipinski definition) is 4. The van der Waals surface area contributed by atoms with E-state index in [1.165, 1.54) is 42.5 Å². The number of aromatic hydroxyl groups is 1. The number of aliphatic hydroxyl groups is 1. The van der Waals surface area contributed by atoms with Crippen LogP contribution >= 0.6 is 11.6 Å². The highest BCUT2D eigenvalue weighted by Gasteiger charge is 2.31. The Morgan fingerprint density at radius 2 is 1.90 bits per heavy atom. The van der Waals surface area contributed by atoms with Crippen LogP contribution in [0.3, 0.4) is 0 Å². The van der Waals surface area contributed by atoms with Crippen LogP contribution in [0.5, 0.6) is 11.5 Å². The van der Waals surface area contributed by atoms with Gasteiger partial charge in [0.2, 0.25) is 5.95 Å². The molecule has 7 nitrogen and oxygen atoms in total. The summed E-state index contributed by atoms with van der Waals surface area (Å²) >= 11 is 5.97. The second-order valence-corrected chi connectivity index (χ2v) is 6.99. The molecule has 0 spiro atoms. The third-order valence-corrected chi connectivity index (χ3v) is 4.20. The molecule has 31 heavy (non-hydrogen) atoms. The summed E-state index contributed by atoms with van der Waals surface area (Å²) in [6, 6.07) is 10.8. The number of phenolic OH excluding ortho intramolecular Hbond substituents is 1. The lowest BCUT2D eigenvalue weighted by Gasteiger charge is -2.15. The van der Waals surface area contributed by atoms with E-state index in [9.17, 15) is 23.4 Å². The van der Waals surface area contributed by atoms with E-state index >= 15 is 0 Å². The van der Waals surface area contributed by atoms with Crippen LogP contribution in [-0.2, 0) is 0 Å². The Bertz CT molecular complexity index is 1070. The van der Waals surface area contributed by atoms with E-state index in [2.05, 4.69) is 25.3 Å². The van der Waals surface area contributed by atoms with Gasteiger partial charge in [-0.05, 0) is 37.3 Å². The molecule has 1 heterocycles. The van der Waals surface area contributed by atoms with Crippen LogP contribution in [0.15, 0.2) is 48.5 Å². The summed E-state index contributed by atoms with van der Waals surface area (Å²) in [6.45, 7) is 1.50. The number of ether oxygens (including phenoxy) is 1. The number of hydrogen-bond acceptors (Lipinski definition) is 7. The zero-order chi connectivity index (χ0) is 22.6. The predicted molar refractivity (Wildman–Crippen MR) is 111 cm³/mol. The molecule has 11 heteroatoms. The van der Waals surface area contributed by atoms with Crippen molar-refractivity contribution >= 4 is 29.1 Å². The summed E-state index contributed by atoms with van der Waals surface area (Å²) < 4.78 is 41.7. The van der Waals surface area contributed by atoms with Crippen molar-refractivity contribution in [1.29, 1.82) is 0 Å². The minimum Gasteiger partial charge on any atom is -0.506 e. The lowest BCUT2D eigenvalue weighted by atomic mass is 10.1. The molecular weight excluding hydrogens is 437 g/mol. The number of nitrogens with one attached hydrogen (secondary N) is 2. The van der Waals surface area contributed by atoms with Crippen molar-refractivity contribution in [1.82, 2.24) is 9.97 Å². The number of halogens is 4. The first-order chi connectivity index (χ1) is 14.6. The van der Waals surface area contributed by atoms with E-state index in [0.717, 1.165) is 0 Å². The van der Waals surface area contributed by atoms with Crippen molar-refractivity contribution in [2.24, 2.45) is 0 Å². The maximum Gasteiger partial charge on any atom is 0.573 e. The van der Waals surface area contributed by atoms with Crippen molar-refractivity contribution in [2.45, 2.75) is 19.3 Å². The van der Waals surface area contributed by atoms with Crippen LogP contribution in [0, 0.1) is 0 Å². The minimum atomic E-state index is -4.83. The van der Waals surface area contributed by atoms with Crippen LogP contribution in [0.1, 0.15) is 6.92 Å². The van der Waals surface area contributed by atoms with Gasteiger partial charge >= 0.3 is 6.36 Å². The van der Waals surface area contributed by atoms with Gasteiger partial charge in [-0.2, -0.15) is 4.98 Å². The Kier molecular flexibility index (Phi) is 6.71. The molecule has 0 saturated carbocycles. The number of rotatable bonds is 7. The Balaban J connectivity index is 2.01. The fourth-order valence-corrected chi connectivity index (χ4v) is 2.76. The third-order valence-electron chi connectivity index (χ3n) is 3.96. The summed E-state index contributed by atoms with van der Waals surface area (Å²) in [6.07, 6.45) is -4.83. The first-order valence-corrected chi connectivity index (χ1v) is 9.39. The Morgan fingerprint density at radius 1 is 1.13 bits per heavy atom. The SMILES string of the molecule is C[C@@H](CO)Nc1nc(Nc2cc(Cl)ccc2O)cc(-c2cccc(OC(F)(F)F)c2)n1. The smallest absolute Gasteiger partial charge is 0.506 e. The molecule has 1 aromatic heterocycles. The molecule has 0 fully saturated rings. The fourth-order valence-electron chi connectivity index (χ4n) is 2.59. The molecule has 3 aromatic rings. The molecule has 0 aliphatic rings. The van der Waals surface area contributed by atoms with E-state index in [1.807, 2.05) is 0 Å². The topological polar surface area (TPSA) is 99.5 Å². The van der Waals surface area contributed by atoms with E-state index in [4.69, 9.17) is 11.6 Å². The summed E-state index contributed by atoms with van der Waals surface area (Å²) in [5, 5.41) is 25.5. The highest BCUT2D eigenvalue weighted by Crippen LogP contribution is 2.32. The van der Waals surface area contributed by atoms with Crippen LogP contribution in [-0.4, -0.2) is 39.2 Å². The van der Waals surface area contributed by atoms with Crippen molar-refractivity contribution in [3.05, 3.63) is 53.6 Å².